The number of hydrogen-bond acceptors (Lipinski definition) is 3. The number of hydrogen-bond donors (Lipinski definition) is 1. The zero-order chi connectivity index (χ0) is 14.4. The van der Waals surface area contributed by atoms with Crippen molar-refractivity contribution >= 4 is 18.3 Å². The lowest BCUT2D eigenvalue weighted by molar-refractivity contribution is -0.134. The van der Waals surface area contributed by atoms with Gasteiger partial charge in [0.15, 0.2) is 0 Å². The Labute approximate surface area is 135 Å². The van der Waals surface area contributed by atoms with Crippen LogP contribution in [0.3, 0.4) is 0 Å². The molecule has 2 rings (SSSR count). The van der Waals surface area contributed by atoms with E-state index in [-0.39, 0.29) is 12.4 Å². The standard InChI is InChI=1S/C16H31N3O.ClH/c1-18(14-7-3-2-4-8-14)16(20)13-19-12-6-5-9-15(19)10-11-17;/h14-15H,2-13,17H2,1H3;1H. The lowest BCUT2D eigenvalue weighted by atomic mass is 9.94. The highest BCUT2D eigenvalue weighted by Gasteiger charge is 2.27. The van der Waals surface area contributed by atoms with Crippen LogP contribution in [0.25, 0.3) is 0 Å². The van der Waals surface area contributed by atoms with E-state index < -0.39 is 0 Å². The number of amides is 1. The summed E-state index contributed by atoms with van der Waals surface area (Å²) in [6.45, 7) is 2.39. The normalized spacial score (nSPS) is 24.4. The molecule has 0 aromatic carbocycles. The molecule has 0 spiro atoms. The number of nitrogens with two attached hydrogens (primary N) is 1. The van der Waals surface area contributed by atoms with Gasteiger partial charge in [-0.2, -0.15) is 0 Å². The lowest BCUT2D eigenvalue weighted by Crippen LogP contribution is -2.49. The van der Waals surface area contributed by atoms with Crippen LogP contribution in [0.5, 0.6) is 0 Å². The second-order valence-corrected chi connectivity index (χ2v) is 6.49. The summed E-state index contributed by atoms with van der Waals surface area (Å²) in [5.41, 5.74) is 5.71. The van der Waals surface area contributed by atoms with E-state index in [0.29, 0.717) is 24.5 Å². The molecule has 2 fully saturated rings. The van der Waals surface area contributed by atoms with E-state index in [0.717, 1.165) is 19.5 Å². The summed E-state index contributed by atoms with van der Waals surface area (Å²) in [5.74, 6) is 0.306. The van der Waals surface area contributed by atoms with E-state index in [1.807, 2.05) is 11.9 Å². The van der Waals surface area contributed by atoms with Gasteiger partial charge in [-0.3, -0.25) is 9.69 Å². The number of carbonyl (C=O) groups excluding carboxylic acids is 1. The number of likely N-dealkylation sites (N-methyl/N-ethyl adjacent to an activating group) is 1. The third-order valence-electron chi connectivity index (χ3n) is 5.10. The first-order valence-corrected chi connectivity index (χ1v) is 8.42. The number of halogens is 1. The Morgan fingerprint density at radius 2 is 1.81 bits per heavy atom. The predicted octanol–water partition coefficient (Wildman–Crippen LogP) is 2.40. The SMILES string of the molecule is CN(C(=O)CN1CCCCC1CCN)C1CCCCC1.Cl. The van der Waals surface area contributed by atoms with Gasteiger partial charge in [-0.25, -0.2) is 0 Å². The topological polar surface area (TPSA) is 49.6 Å². The molecule has 4 nitrogen and oxygen atoms in total. The zero-order valence-electron chi connectivity index (χ0n) is 13.4. The average molecular weight is 318 g/mol. The zero-order valence-corrected chi connectivity index (χ0v) is 14.2. The lowest BCUT2D eigenvalue weighted by Gasteiger charge is -2.38. The van der Waals surface area contributed by atoms with Crippen molar-refractivity contribution in [2.75, 3.05) is 26.7 Å². The molecule has 5 heteroatoms. The monoisotopic (exact) mass is 317 g/mol. The summed E-state index contributed by atoms with van der Waals surface area (Å²) in [4.78, 5) is 16.9. The summed E-state index contributed by atoms with van der Waals surface area (Å²) in [5, 5.41) is 0. The summed E-state index contributed by atoms with van der Waals surface area (Å²) in [6, 6.07) is 1.01. The molecule has 21 heavy (non-hydrogen) atoms. The molecular formula is C16H32ClN3O. The highest BCUT2D eigenvalue weighted by molar-refractivity contribution is 5.85. The first kappa shape index (κ1) is 18.7. The van der Waals surface area contributed by atoms with Gasteiger partial charge < -0.3 is 10.6 Å². The van der Waals surface area contributed by atoms with Crippen LogP contribution in [0.15, 0.2) is 0 Å². The van der Waals surface area contributed by atoms with E-state index in [1.54, 1.807) is 0 Å². The minimum atomic E-state index is 0. The average Bonchev–Trinajstić information content (AvgIpc) is 2.49. The van der Waals surface area contributed by atoms with Crippen LogP contribution < -0.4 is 5.73 Å². The van der Waals surface area contributed by atoms with Gasteiger partial charge >= 0.3 is 0 Å². The van der Waals surface area contributed by atoms with Gasteiger partial charge in [-0.1, -0.05) is 25.7 Å². The molecule has 1 saturated heterocycles. The number of carbonyl (C=O) groups is 1. The Hall–Kier alpha value is -0.320. The third-order valence-corrected chi connectivity index (χ3v) is 5.10. The molecule has 1 saturated carbocycles. The van der Waals surface area contributed by atoms with Gasteiger partial charge in [-0.15, -0.1) is 12.4 Å². The quantitative estimate of drug-likeness (QED) is 0.847. The first-order valence-electron chi connectivity index (χ1n) is 8.42. The van der Waals surface area contributed by atoms with Crippen LogP contribution in [-0.4, -0.2) is 54.5 Å². The molecule has 0 aromatic rings. The summed E-state index contributed by atoms with van der Waals surface area (Å²) in [7, 11) is 2.00. The van der Waals surface area contributed by atoms with Crippen LogP contribution in [0.1, 0.15) is 57.8 Å². The fourth-order valence-electron chi connectivity index (χ4n) is 3.74. The van der Waals surface area contributed by atoms with E-state index in [1.165, 1.54) is 51.4 Å². The molecule has 0 bridgehead atoms. The molecule has 1 heterocycles. The number of piperidine rings is 1. The second-order valence-electron chi connectivity index (χ2n) is 6.49. The van der Waals surface area contributed by atoms with Gasteiger partial charge in [0.05, 0.1) is 6.54 Å². The Bertz CT molecular complexity index is 306. The van der Waals surface area contributed by atoms with Crippen molar-refractivity contribution in [2.45, 2.75) is 69.9 Å². The van der Waals surface area contributed by atoms with Gasteiger partial charge in [-0.05, 0) is 45.2 Å². The molecule has 1 aliphatic heterocycles. The van der Waals surface area contributed by atoms with Gasteiger partial charge in [0.1, 0.15) is 0 Å². The smallest absolute Gasteiger partial charge is 0.236 e. The Morgan fingerprint density at radius 3 is 2.48 bits per heavy atom. The minimum Gasteiger partial charge on any atom is -0.342 e. The van der Waals surface area contributed by atoms with Crippen molar-refractivity contribution in [2.24, 2.45) is 5.73 Å². The Morgan fingerprint density at radius 1 is 1.14 bits per heavy atom. The molecule has 1 unspecified atom stereocenters. The van der Waals surface area contributed by atoms with Gasteiger partial charge in [0.25, 0.3) is 0 Å². The number of likely N-dealkylation sites (tertiary alicyclic amines) is 1. The van der Waals surface area contributed by atoms with E-state index in [2.05, 4.69) is 4.90 Å². The molecule has 1 atom stereocenters. The van der Waals surface area contributed by atoms with E-state index in [4.69, 9.17) is 5.73 Å². The molecule has 124 valence electrons. The van der Waals surface area contributed by atoms with Crippen LogP contribution in [0, 0.1) is 0 Å². The summed E-state index contributed by atoms with van der Waals surface area (Å²) in [6.07, 6.45) is 11.0. The van der Waals surface area contributed by atoms with E-state index in [9.17, 15) is 4.79 Å². The second kappa shape index (κ2) is 9.65. The van der Waals surface area contributed by atoms with Crippen molar-refractivity contribution in [3.8, 4) is 0 Å². The van der Waals surface area contributed by atoms with Crippen LogP contribution >= 0.6 is 12.4 Å². The van der Waals surface area contributed by atoms with Crippen LogP contribution in [-0.2, 0) is 4.79 Å². The highest BCUT2D eigenvalue weighted by atomic mass is 35.5. The van der Waals surface area contributed by atoms with Crippen LogP contribution in [0.2, 0.25) is 0 Å². The maximum atomic E-state index is 12.5. The maximum absolute atomic E-state index is 12.5. The summed E-state index contributed by atoms with van der Waals surface area (Å²) < 4.78 is 0. The molecule has 1 aliphatic carbocycles. The Kier molecular flexibility index (Phi) is 8.60. The molecule has 2 aliphatic rings. The Balaban J connectivity index is 0.00000220. The van der Waals surface area contributed by atoms with Crippen molar-refractivity contribution in [3.63, 3.8) is 0 Å². The fourth-order valence-corrected chi connectivity index (χ4v) is 3.74. The van der Waals surface area contributed by atoms with Crippen LogP contribution in [0.4, 0.5) is 0 Å². The summed E-state index contributed by atoms with van der Waals surface area (Å²) >= 11 is 0. The van der Waals surface area contributed by atoms with Crippen molar-refractivity contribution in [3.05, 3.63) is 0 Å². The number of nitrogens with zero attached hydrogens (tertiary/aromatic N) is 2. The molecule has 1 amide bonds. The highest BCUT2D eigenvalue weighted by Crippen LogP contribution is 2.23. The molecule has 2 N–H and O–H groups in total. The molecule has 0 aromatic heterocycles. The minimum absolute atomic E-state index is 0. The molecule has 0 radical (unpaired) electrons. The van der Waals surface area contributed by atoms with Crippen molar-refractivity contribution in [1.82, 2.24) is 9.80 Å². The maximum Gasteiger partial charge on any atom is 0.236 e. The molecular weight excluding hydrogens is 286 g/mol. The predicted molar refractivity (Wildman–Crippen MR) is 89.8 cm³/mol. The third kappa shape index (κ3) is 5.42. The van der Waals surface area contributed by atoms with Gasteiger partial charge in [0.2, 0.25) is 5.91 Å². The fraction of sp³-hybridized carbons (Fsp3) is 0.938. The first-order chi connectivity index (χ1) is 9.72. The number of rotatable bonds is 5. The van der Waals surface area contributed by atoms with Crippen molar-refractivity contribution < 1.29 is 4.79 Å². The largest absolute Gasteiger partial charge is 0.342 e. The van der Waals surface area contributed by atoms with Crippen molar-refractivity contribution in [1.29, 1.82) is 0 Å². The van der Waals surface area contributed by atoms with E-state index >= 15 is 0 Å². The van der Waals surface area contributed by atoms with Gasteiger partial charge in [0, 0.05) is 19.1 Å².